The molecule has 0 unspecified atom stereocenters. The molecule has 1 N–H and O–H groups in total. The minimum atomic E-state index is -4.64. The van der Waals surface area contributed by atoms with Gasteiger partial charge in [-0.2, -0.15) is 18.4 Å². The van der Waals surface area contributed by atoms with Crippen molar-refractivity contribution in [2.24, 2.45) is 11.3 Å². The zero-order valence-electron chi connectivity index (χ0n) is 18.8. The molecule has 2 aliphatic heterocycles. The number of likely N-dealkylation sites (tertiary alicyclic amines) is 1. The third-order valence-electron chi connectivity index (χ3n) is 7.28. The summed E-state index contributed by atoms with van der Waals surface area (Å²) in [5, 5.41) is 20.4. The van der Waals surface area contributed by atoms with Crippen LogP contribution in [0.2, 0.25) is 0 Å². The van der Waals surface area contributed by atoms with E-state index in [-0.39, 0.29) is 18.4 Å². The Morgan fingerprint density at radius 3 is 2.71 bits per heavy atom. The van der Waals surface area contributed by atoms with E-state index in [0.29, 0.717) is 44.0 Å². The fourth-order valence-corrected chi connectivity index (χ4v) is 5.39. The summed E-state index contributed by atoms with van der Waals surface area (Å²) in [6.45, 7) is 1.37. The molecular weight excluding hydrogens is 457 g/mol. The fourth-order valence-electron chi connectivity index (χ4n) is 5.39. The molecule has 6 nitrogen and oxygen atoms in total. The third-order valence-corrected chi connectivity index (χ3v) is 7.28. The number of aromatic nitrogens is 1. The molecule has 0 radical (unpaired) electrons. The van der Waals surface area contributed by atoms with Gasteiger partial charge in [0.2, 0.25) is 0 Å². The van der Waals surface area contributed by atoms with Crippen LogP contribution in [0.4, 0.5) is 18.9 Å². The van der Waals surface area contributed by atoms with Crippen molar-refractivity contribution in [1.82, 2.24) is 9.88 Å². The van der Waals surface area contributed by atoms with Gasteiger partial charge in [-0.1, -0.05) is 24.3 Å². The average Bonchev–Trinajstić information content (AvgIpc) is 3.26. The number of nitriles is 1. The van der Waals surface area contributed by atoms with E-state index >= 15 is 0 Å². The third kappa shape index (κ3) is 4.08. The SMILES string of the molecule is N#Cc1ccc(N2C[C@@H]3CCN(C(=O)c4ccc5ccccc5n4)C[C@]3(CO)C2)cc1C(F)(F)F. The number of carbonyl (C=O) groups excluding carboxylic acids is 1. The summed E-state index contributed by atoms with van der Waals surface area (Å²) in [6, 6.07) is 16.4. The molecule has 2 aromatic carbocycles. The number of alkyl halides is 3. The quantitative estimate of drug-likeness (QED) is 0.611. The number of carbonyl (C=O) groups is 1. The molecule has 35 heavy (non-hydrogen) atoms. The number of pyridine rings is 1. The summed E-state index contributed by atoms with van der Waals surface area (Å²) >= 11 is 0. The zero-order valence-corrected chi connectivity index (χ0v) is 18.8. The molecule has 0 saturated carbocycles. The van der Waals surface area contributed by atoms with E-state index in [1.807, 2.05) is 35.2 Å². The Morgan fingerprint density at radius 1 is 1.17 bits per heavy atom. The molecule has 0 spiro atoms. The van der Waals surface area contributed by atoms with Crippen LogP contribution in [0.25, 0.3) is 10.9 Å². The maximum absolute atomic E-state index is 13.5. The molecule has 1 amide bonds. The minimum absolute atomic E-state index is 0.0195. The first-order chi connectivity index (χ1) is 16.7. The molecule has 5 rings (SSSR count). The average molecular weight is 480 g/mol. The van der Waals surface area contributed by atoms with Gasteiger partial charge in [-0.15, -0.1) is 0 Å². The minimum Gasteiger partial charge on any atom is -0.396 e. The number of hydrogen-bond donors (Lipinski definition) is 1. The number of hydrogen-bond acceptors (Lipinski definition) is 5. The maximum Gasteiger partial charge on any atom is 0.417 e. The lowest BCUT2D eigenvalue weighted by Gasteiger charge is -2.42. The van der Waals surface area contributed by atoms with Gasteiger partial charge in [0.25, 0.3) is 5.91 Å². The number of rotatable bonds is 3. The molecule has 9 heteroatoms. The predicted octanol–water partition coefficient (Wildman–Crippen LogP) is 4.09. The van der Waals surface area contributed by atoms with Crippen LogP contribution < -0.4 is 4.90 Å². The fraction of sp³-hybridized carbons (Fsp3) is 0.346. The molecule has 0 bridgehead atoms. The number of benzene rings is 2. The largest absolute Gasteiger partial charge is 0.417 e. The highest BCUT2D eigenvalue weighted by atomic mass is 19.4. The highest BCUT2D eigenvalue weighted by molar-refractivity contribution is 5.95. The van der Waals surface area contributed by atoms with E-state index in [9.17, 15) is 23.1 Å². The molecule has 2 atom stereocenters. The Hall–Kier alpha value is -3.64. The van der Waals surface area contributed by atoms with Crippen LogP contribution in [-0.4, -0.2) is 53.7 Å². The van der Waals surface area contributed by atoms with Crippen LogP contribution in [0.5, 0.6) is 0 Å². The number of fused-ring (bicyclic) bond motifs is 2. The summed E-state index contributed by atoms with van der Waals surface area (Å²) in [4.78, 5) is 21.3. The van der Waals surface area contributed by atoms with Crippen molar-refractivity contribution in [2.45, 2.75) is 12.6 Å². The van der Waals surface area contributed by atoms with E-state index in [2.05, 4.69) is 4.98 Å². The van der Waals surface area contributed by atoms with Gasteiger partial charge in [0.05, 0.1) is 29.3 Å². The van der Waals surface area contributed by atoms with E-state index in [4.69, 9.17) is 5.26 Å². The number of para-hydroxylation sites is 1. The molecule has 3 heterocycles. The monoisotopic (exact) mass is 480 g/mol. The van der Waals surface area contributed by atoms with Gasteiger partial charge in [0, 0.05) is 42.7 Å². The molecule has 2 aliphatic rings. The van der Waals surface area contributed by atoms with Gasteiger partial charge >= 0.3 is 6.18 Å². The Balaban J connectivity index is 1.39. The summed E-state index contributed by atoms with van der Waals surface area (Å²) in [5.41, 5.74) is -0.645. The number of aliphatic hydroxyl groups is 1. The highest BCUT2D eigenvalue weighted by Gasteiger charge is 2.50. The van der Waals surface area contributed by atoms with E-state index in [0.717, 1.165) is 17.0 Å². The normalized spacial score (nSPS) is 22.2. The van der Waals surface area contributed by atoms with Gasteiger partial charge in [-0.25, -0.2) is 4.98 Å². The van der Waals surface area contributed by atoms with Gasteiger partial charge < -0.3 is 14.9 Å². The Bertz CT molecular complexity index is 1340. The molecule has 0 aliphatic carbocycles. The smallest absolute Gasteiger partial charge is 0.396 e. The number of nitrogens with zero attached hydrogens (tertiary/aromatic N) is 4. The predicted molar refractivity (Wildman–Crippen MR) is 124 cm³/mol. The van der Waals surface area contributed by atoms with Crippen LogP contribution in [0, 0.1) is 22.7 Å². The van der Waals surface area contributed by atoms with Crippen molar-refractivity contribution in [3.63, 3.8) is 0 Å². The summed E-state index contributed by atoms with van der Waals surface area (Å²) in [7, 11) is 0. The lowest BCUT2D eigenvalue weighted by molar-refractivity contribution is -0.137. The second-order valence-electron chi connectivity index (χ2n) is 9.34. The van der Waals surface area contributed by atoms with E-state index in [1.54, 1.807) is 17.0 Å². The summed E-state index contributed by atoms with van der Waals surface area (Å²) < 4.78 is 40.4. The lowest BCUT2D eigenvalue weighted by atomic mass is 9.74. The summed E-state index contributed by atoms with van der Waals surface area (Å²) in [5.74, 6) is -0.204. The first kappa shape index (κ1) is 23.1. The first-order valence-corrected chi connectivity index (χ1v) is 11.4. The van der Waals surface area contributed by atoms with Crippen LogP contribution in [-0.2, 0) is 6.18 Å². The van der Waals surface area contributed by atoms with Crippen molar-refractivity contribution in [3.8, 4) is 6.07 Å². The zero-order chi connectivity index (χ0) is 24.8. The highest BCUT2D eigenvalue weighted by Crippen LogP contribution is 2.44. The van der Waals surface area contributed by atoms with Gasteiger partial charge in [0.1, 0.15) is 5.69 Å². The maximum atomic E-state index is 13.5. The molecule has 2 saturated heterocycles. The van der Waals surface area contributed by atoms with Crippen molar-refractivity contribution < 1.29 is 23.1 Å². The molecule has 2 fully saturated rings. The topological polar surface area (TPSA) is 80.5 Å². The number of halogens is 3. The van der Waals surface area contributed by atoms with Crippen LogP contribution in [0.3, 0.4) is 0 Å². The molecule has 3 aromatic rings. The number of piperidine rings is 1. The number of amides is 1. The van der Waals surface area contributed by atoms with Crippen molar-refractivity contribution >= 4 is 22.5 Å². The van der Waals surface area contributed by atoms with Gasteiger partial charge in [0.15, 0.2) is 0 Å². The number of anilines is 1. The van der Waals surface area contributed by atoms with Crippen LogP contribution in [0.15, 0.2) is 54.6 Å². The van der Waals surface area contributed by atoms with Crippen molar-refractivity contribution in [3.05, 3.63) is 71.4 Å². The Morgan fingerprint density at radius 2 is 1.97 bits per heavy atom. The second kappa shape index (κ2) is 8.54. The second-order valence-corrected chi connectivity index (χ2v) is 9.34. The summed E-state index contributed by atoms with van der Waals surface area (Å²) in [6.07, 6.45) is -4.02. The van der Waals surface area contributed by atoms with Crippen molar-refractivity contribution in [2.75, 3.05) is 37.7 Å². The van der Waals surface area contributed by atoms with E-state index in [1.165, 1.54) is 12.1 Å². The molecule has 1 aromatic heterocycles. The Kier molecular flexibility index (Phi) is 5.64. The van der Waals surface area contributed by atoms with Crippen LogP contribution >= 0.6 is 0 Å². The molecular formula is C26H23F3N4O2. The van der Waals surface area contributed by atoms with Crippen LogP contribution in [0.1, 0.15) is 28.0 Å². The van der Waals surface area contributed by atoms with E-state index < -0.39 is 22.7 Å². The first-order valence-electron chi connectivity index (χ1n) is 11.4. The Labute approximate surface area is 200 Å². The lowest BCUT2D eigenvalue weighted by Crippen LogP contribution is -2.52. The molecule has 180 valence electrons. The van der Waals surface area contributed by atoms with Gasteiger partial charge in [-0.05, 0) is 42.7 Å². The number of aliphatic hydroxyl groups excluding tert-OH is 1. The standard InChI is InChI=1S/C26H23F3N4O2/c27-26(28,29)21-11-20(7-5-18(21)12-30)33-13-19-9-10-32(14-25(19,15-33)16-34)24(35)23-8-6-17-3-1-2-4-22(17)31-23/h1-8,11,19,34H,9-10,13-16H2/t19-,25+/m0/s1. The van der Waals surface area contributed by atoms with Crippen molar-refractivity contribution in [1.29, 1.82) is 5.26 Å². The van der Waals surface area contributed by atoms with Gasteiger partial charge in [-0.3, -0.25) is 4.79 Å².